The summed E-state index contributed by atoms with van der Waals surface area (Å²) in [5, 5.41) is 0. The number of halogens is 13. The highest BCUT2D eigenvalue weighted by atomic mass is 32.3. The number of alkyl halides is 11. The molecule has 0 aromatic heterocycles. The topological polar surface area (TPSA) is 72.8 Å². The first-order chi connectivity index (χ1) is 12.3. The Morgan fingerprint density at radius 2 is 1.13 bits per heavy atom. The van der Waals surface area contributed by atoms with Gasteiger partial charge in [0.1, 0.15) is 6.42 Å². The first kappa shape index (κ1) is 46.9. The molecule has 0 atom stereocenters. The Bertz CT molecular complexity index is 404. The fourth-order valence-corrected chi connectivity index (χ4v) is 0.385. The van der Waals surface area contributed by atoms with Gasteiger partial charge in [0.05, 0.1) is 13.9 Å². The van der Waals surface area contributed by atoms with Crippen LogP contribution in [-0.4, -0.2) is 58.8 Å². The highest BCUT2D eigenvalue weighted by Gasteiger charge is 2.44. The van der Waals surface area contributed by atoms with Crippen molar-refractivity contribution < 1.29 is 79.4 Å². The van der Waals surface area contributed by atoms with E-state index in [1.807, 2.05) is 4.94 Å². The van der Waals surface area contributed by atoms with E-state index in [0.717, 1.165) is 0 Å². The predicted octanol–water partition coefficient (Wildman–Crippen LogP) is 6.52. The van der Waals surface area contributed by atoms with E-state index >= 15 is 0 Å². The zero-order valence-corrected chi connectivity index (χ0v) is 14.5. The van der Waals surface area contributed by atoms with Gasteiger partial charge in [-0.2, -0.15) is 39.2 Å². The van der Waals surface area contributed by atoms with E-state index in [1.165, 1.54) is 6.92 Å². The minimum Gasteiger partial charge on any atom is -0.288 e. The van der Waals surface area contributed by atoms with Crippen LogP contribution >= 0.6 is 0 Å². The summed E-state index contributed by atoms with van der Waals surface area (Å²) >= 11 is 0. The second-order valence-corrected chi connectivity index (χ2v) is 4.03. The SMILES string of the molecule is C.C.CCF.CF.FCC(F)(F)OF.FCOC(F)(F)CC(F)(F)F.O=S(=O)(O)F. The summed E-state index contributed by atoms with van der Waals surface area (Å²) in [5.74, 6) is 0. The van der Waals surface area contributed by atoms with Gasteiger partial charge in [-0.1, -0.05) is 18.7 Å². The molecular formula is C11H23F13O5S. The van der Waals surface area contributed by atoms with Crippen molar-refractivity contribution in [2.24, 2.45) is 0 Å². The molecule has 194 valence electrons. The molecule has 0 aromatic carbocycles. The maximum Gasteiger partial charge on any atom is 0.435 e. The van der Waals surface area contributed by atoms with Crippen molar-refractivity contribution in [3.63, 3.8) is 0 Å². The Labute approximate surface area is 165 Å². The smallest absolute Gasteiger partial charge is 0.288 e. The number of hydrogen-bond acceptors (Lipinski definition) is 4. The lowest BCUT2D eigenvalue weighted by molar-refractivity contribution is -0.357. The molecule has 0 amide bonds. The molecule has 0 aliphatic rings. The summed E-state index contributed by atoms with van der Waals surface area (Å²) < 4.78 is 168. The molecule has 0 aliphatic carbocycles. The zero-order valence-electron chi connectivity index (χ0n) is 13.7. The molecule has 0 saturated heterocycles. The van der Waals surface area contributed by atoms with Crippen molar-refractivity contribution in [3.05, 3.63) is 0 Å². The summed E-state index contributed by atoms with van der Waals surface area (Å²) in [7, 11) is -4.67. The van der Waals surface area contributed by atoms with E-state index in [0.29, 0.717) is 7.18 Å². The predicted molar refractivity (Wildman–Crippen MR) is 80.6 cm³/mol. The molecule has 0 aliphatic heterocycles. The second kappa shape index (κ2) is 24.2. The van der Waals surface area contributed by atoms with E-state index < -0.39 is 48.9 Å². The van der Waals surface area contributed by atoms with Gasteiger partial charge in [-0.25, -0.2) is 8.78 Å². The van der Waals surface area contributed by atoms with Crippen molar-refractivity contribution in [1.29, 1.82) is 0 Å². The number of ether oxygens (including phenoxy) is 1. The molecule has 0 heterocycles. The van der Waals surface area contributed by atoms with Crippen LogP contribution in [0.3, 0.4) is 0 Å². The van der Waals surface area contributed by atoms with E-state index in [2.05, 4.69) is 4.74 Å². The summed E-state index contributed by atoms with van der Waals surface area (Å²) in [4.78, 5) is 1.88. The van der Waals surface area contributed by atoms with Crippen LogP contribution < -0.4 is 0 Å². The van der Waals surface area contributed by atoms with Gasteiger partial charge in [0.15, 0.2) is 13.5 Å². The van der Waals surface area contributed by atoms with Gasteiger partial charge < -0.3 is 0 Å². The van der Waals surface area contributed by atoms with Gasteiger partial charge in [0, 0.05) is 0 Å². The second-order valence-electron chi connectivity index (χ2n) is 3.21. The average molecular weight is 514 g/mol. The molecule has 0 unspecified atom stereocenters. The molecule has 0 rings (SSSR count). The van der Waals surface area contributed by atoms with Crippen molar-refractivity contribution in [1.82, 2.24) is 0 Å². The monoisotopic (exact) mass is 514 g/mol. The first-order valence-electron chi connectivity index (χ1n) is 5.79. The summed E-state index contributed by atoms with van der Waals surface area (Å²) in [6, 6.07) is 0. The Balaban J connectivity index is -0.0000000486. The molecule has 0 bridgehead atoms. The Hall–Kier alpha value is -1.08. The maximum atomic E-state index is 11.7. The van der Waals surface area contributed by atoms with Gasteiger partial charge >= 0.3 is 28.9 Å². The van der Waals surface area contributed by atoms with Crippen molar-refractivity contribution in [2.45, 2.75) is 46.6 Å². The average Bonchev–Trinajstić information content (AvgIpc) is 2.46. The van der Waals surface area contributed by atoms with Crippen LogP contribution in [-0.2, 0) is 20.2 Å². The van der Waals surface area contributed by atoms with E-state index in [9.17, 15) is 56.7 Å². The Kier molecular flexibility index (Phi) is 37.8. The lowest BCUT2D eigenvalue weighted by atomic mass is 10.4. The van der Waals surface area contributed by atoms with Crippen LogP contribution in [0.4, 0.5) is 56.7 Å². The maximum absolute atomic E-state index is 11.7. The fourth-order valence-electron chi connectivity index (χ4n) is 0.385. The molecule has 0 spiro atoms. The van der Waals surface area contributed by atoms with E-state index in [4.69, 9.17) is 13.0 Å². The van der Waals surface area contributed by atoms with Crippen molar-refractivity contribution in [2.75, 3.05) is 27.4 Å². The molecule has 0 fully saturated rings. The van der Waals surface area contributed by atoms with Crippen molar-refractivity contribution in [3.8, 4) is 0 Å². The zero-order chi connectivity index (χ0) is 24.2. The van der Waals surface area contributed by atoms with Crippen LogP contribution in [0.2, 0.25) is 0 Å². The molecule has 0 radical (unpaired) electrons. The van der Waals surface area contributed by atoms with Gasteiger partial charge in [-0.05, 0) is 11.4 Å². The van der Waals surface area contributed by atoms with Crippen LogP contribution in [0.1, 0.15) is 28.2 Å². The molecule has 5 nitrogen and oxygen atoms in total. The Morgan fingerprint density at radius 1 is 0.867 bits per heavy atom. The summed E-state index contributed by atoms with van der Waals surface area (Å²) in [6.07, 6.45) is -16.2. The molecule has 19 heteroatoms. The van der Waals surface area contributed by atoms with E-state index in [1.54, 1.807) is 0 Å². The molecule has 30 heavy (non-hydrogen) atoms. The van der Waals surface area contributed by atoms with Crippen molar-refractivity contribution >= 4 is 10.5 Å². The highest BCUT2D eigenvalue weighted by Crippen LogP contribution is 2.32. The first-order valence-corrected chi connectivity index (χ1v) is 7.13. The summed E-state index contributed by atoms with van der Waals surface area (Å²) in [5.41, 5.74) is 0. The number of rotatable bonds is 5. The molecular weight excluding hydrogens is 491 g/mol. The standard InChI is InChI=1S/C4H4F6O.C2H2F4O.C2H5F.CH3F.2CH4.FHO3S/c5-2-11-4(9,10)1-3(6,7)8;3-1-2(4,5)7-6;1-2-3;1-2;;;1-5(2,3)4/h1-2H2;1H2;2H2,1H3;1H3;2*1H4;(H,2,3,4). The third-order valence-electron chi connectivity index (χ3n) is 0.940. The van der Waals surface area contributed by atoms with E-state index in [-0.39, 0.29) is 21.5 Å². The fraction of sp³-hybridized carbons (Fsp3) is 1.00. The summed E-state index contributed by atoms with van der Waals surface area (Å²) in [6.45, 7) is -2.87. The third-order valence-corrected chi connectivity index (χ3v) is 0.940. The van der Waals surface area contributed by atoms with Gasteiger partial charge in [-0.3, -0.25) is 18.1 Å². The van der Waals surface area contributed by atoms with Gasteiger partial charge in [0.2, 0.25) is 0 Å². The highest BCUT2D eigenvalue weighted by molar-refractivity contribution is 7.80. The number of hydrogen-bond donors (Lipinski definition) is 1. The third kappa shape index (κ3) is 81.2. The van der Waals surface area contributed by atoms with Crippen LogP contribution in [0, 0.1) is 0 Å². The van der Waals surface area contributed by atoms with Crippen LogP contribution in [0.15, 0.2) is 0 Å². The lowest BCUT2D eigenvalue weighted by Gasteiger charge is -2.15. The normalized spacial score (nSPS) is 10.5. The largest absolute Gasteiger partial charge is 0.435 e. The van der Waals surface area contributed by atoms with Gasteiger partial charge in [0.25, 0.3) is 0 Å². The van der Waals surface area contributed by atoms with Gasteiger partial charge in [-0.15, -0.1) is 4.94 Å². The van der Waals surface area contributed by atoms with Crippen LogP contribution in [0.25, 0.3) is 0 Å². The molecule has 0 saturated carbocycles. The quantitative estimate of drug-likeness (QED) is 0.257. The lowest BCUT2D eigenvalue weighted by Crippen LogP contribution is -2.28. The molecule has 1 N–H and O–H groups in total. The minimum absolute atomic E-state index is 0. The Morgan fingerprint density at radius 3 is 1.23 bits per heavy atom. The minimum atomic E-state index is -5.17. The van der Waals surface area contributed by atoms with Crippen LogP contribution in [0.5, 0.6) is 0 Å². The molecule has 0 aromatic rings.